The zero-order valence-corrected chi connectivity index (χ0v) is 9.90. The number of aromatic nitrogens is 3. The van der Waals surface area contributed by atoms with Crippen LogP contribution in [0.5, 0.6) is 0 Å². The number of carbonyl (C=O) groups excluding carboxylic acids is 1. The maximum atomic E-state index is 12.8. The van der Waals surface area contributed by atoms with E-state index in [1.807, 2.05) is 7.05 Å². The molecule has 100 valence electrons. The molecule has 0 spiro atoms. The van der Waals surface area contributed by atoms with E-state index in [1.165, 1.54) is 0 Å². The Morgan fingerprint density at radius 1 is 1.67 bits per heavy atom. The van der Waals surface area contributed by atoms with Gasteiger partial charge >= 0.3 is 11.9 Å². The van der Waals surface area contributed by atoms with Crippen molar-refractivity contribution in [2.24, 2.45) is 7.05 Å². The molecule has 1 aromatic rings. The first kappa shape index (κ1) is 12.9. The number of rotatable bonds is 5. The molecule has 0 aliphatic carbocycles. The third kappa shape index (κ3) is 2.81. The monoisotopic (exact) mass is 260 g/mol. The summed E-state index contributed by atoms with van der Waals surface area (Å²) in [5.41, 5.74) is 0. The van der Waals surface area contributed by atoms with E-state index in [0.29, 0.717) is 13.0 Å². The van der Waals surface area contributed by atoms with Crippen molar-refractivity contribution < 1.29 is 18.3 Å². The molecule has 1 fully saturated rings. The van der Waals surface area contributed by atoms with Gasteiger partial charge in [0.2, 0.25) is 0 Å². The van der Waals surface area contributed by atoms with E-state index in [0.717, 1.165) is 5.82 Å². The minimum Gasteiger partial charge on any atom is -0.456 e. The van der Waals surface area contributed by atoms with Crippen molar-refractivity contribution in [2.45, 2.75) is 24.9 Å². The van der Waals surface area contributed by atoms with Crippen LogP contribution in [0.2, 0.25) is 0 Å². The van der Waals surface area contributed by atoms with Crippen LogP contribution >= 0.6 is 0 Å². The predicted molar refractivity (Wildman–Crippen MR) is 57.0 cm³/mol. The summed E-state index contributed by atoms with van der Waals surface area (Å²) in [5.74, 6) is -3.96. The van der Waals surface area contributed by atoms with Crippen LogP contribution in [0.1, 0.15) is 12.2 Å². The maximum absolute atomic E-state index is 12.8. The zero-order chi connectivity index (χ0) is 13.2. The number of nitrogens with one attached hydrogen (secondary N) is 1. The first-order valence-corrected chi connectivity index (χ1v) is 5.61. The molecule has 1 aliphatic rings. The van der Waals surface area contributed by atoms with Gasteiger partial charge in [0.15, 0.2) is 0 Å². The van der Waals surface area contributed by atoms with Crippen LogP contribution in [0.4, 0.5) is 8.78 Å². The topological polar surface area (TPSA) is 69.0 Å². The lowest BCUT2D eigenvalue weighted by Crippen LogP contribution is -2.29. The number of alkyl halides is 2. The standard InChI is InChI=1S/C10H14F2N4O2/c1-16-6-14-15-8(16)2-3-13-5-7-4-10(11,12)9(17)18-7/h6-7,13H,2-5H2,1H3. The Balaban J connectivity index is 1.68. The fourth-order valence-electron chi connectivity index (χ4n) is 1.76. The summed E-state index contributed by atoms with van der Waals surface area (Å²) in [6, 6.07) is 0. The molecule has 0 aromatic carbocycles. The lowest BCUT2D eigenvalue weighted by Gasteiger charge is -2.09. The van der Waals surface area contributed by atoms with Gasteiger partial charge in [0.05, 0.1) is 6.42 Å². The number of hydrogen-bond donors (Lipinski definition) is 1. The number of hydrogen-bond acceptors (Lipinski definition) is 5. The highest BCUT2D eigenvalue weighted by Gasteiger charge is 2.50. The van der Waals surface area contributed by atoms with Gasteiger partial charge in [-0.25, -0.2) is 4.79 Å². The van der Waals surface area contributed by atoms with Crippen molar-refractivity contribution in [2.75, 3.05) is 13.1 Å². The van der Waals surface area contributed by atoms with Gasteiger partial charge in [-0.2, -0.15) is 8.78 Å². The molecule has 0 bridgehead atoms. The normalized spacial score (nSPS) is 22.2. The molecule has 6 nitrogen and oxygen atoms in total. The van der Waals surface area contributed by atoms with Crippen molar-refractivity contribution >= 4 is 5.97 Å². The van der Waals surface area contributed by atoms with Crippen LogP contribution in [-0.2, 0) is 23.0 Å². The van der Waals surface area contributed by atoms with E-state index >= 15 is 0 Å². The fourth-order valence-corrected chi connectivity index (χ4v) is 1.76. The van der Waals surface area contributed by atoms with Gasteiger partial charge in [-0.3, -0.25) is 0 Å². The van der Waals surface area contributed by atoms with Gasteiger partial charge in [-0.1, -0.05) is 0 Å². The van der Waals surface area contributed by atoms with Crippen LogP contribution < -0.4 is 5.32 Å². The molecule has 1 unspecified atom stereocenters. The van der Waals surface area contributed by atoms with E-state index in [1.54, 1.807) is 10.9 Å². The lowest BCUT2D eigenvalue weighted by molar-refractivity contribution is -0.158. The van der Waals surface area contributed by atoms with Crippen LogP contribution in [-0.4, -0.2) is 45.8 Å². The Morgan fingerprint density at radius 2 is 2.44 bits per heavy atom. The van der Waals surface area contributed by atoms with E-state index in [2.05, 4.69) is 20.3 Å². The molecule has 2 heterocycles. The average Bonchev–Trinajstić information content (AvgIpc) is 2.79. The first-order chi connectivity index (χ1) is 8.49. The molecule has 8 heteroatoms. The lowest BCUT2D eigenvalue weighted by atomic mass is 10.2. The molecule has 0 saturated carbocycles. The highest BCUT2D eigenvalue weighted by molar-refractivity contribution is 5.79. The Labute approximate surface area is 102 Å². The highest BCUT2D eigenvalue weighted by Crippen LogP contribution is 2.30. The number of esters is 1. The molecule has 1 aliphatic heterocycles. The van der Waals surface area contributed by atoms with Gasteiger partial charge < -0.3 is 14.6 Å². The third-order valence-corrected chi connectivity index (χ3v) is 2.76. The summed E-state index contributed by atoms with van der Waals surface area (Å²) in [7, 11) is 1.83. The van der Waals surface area contributed by atoms with E-state index in [4.69, 9.17) is 0 Å². The average molecular weight is 260 g/mol. The number of carbonyl (C=O) groups is 1. The summed E-state index contributed by atoms with van der Waals surface area (Å²) in [6.45, 7) is 0.783. The maximum Gasteiger partial charge on any atom is 0.377 e. The molecule has 0 amide bonds. The van der Waals surface area contributed by atoms with E-state index in [-0.39, 0.29) is 6.54 Å². The smallest absolute Gasteiger partial charge is 0.377 e. The van der Waals surface area contributed by atoms with Crippen LogP contribution in [0, 0.1) is 0 Å². The number of nitrogens with zero attached hydrogens (tertiary/aromatic N) is 3. The van der Waals surface area contributed by atoms with Gasteiger partial charge in [0, 0.05) is 26.6 Å². The molecule has 0 radical (unpaired) electrons. The predicted octanol–water partition coefficient (Wildman–Crippen LogP) is -0.102. The van der Waals surface area contributed by atoms with Gasteiger partial charge in [-0.05, 0) is 0 Å². The molecule has 1 aromatic heterocycles. The minimum atomic E-state index is -3.34. The summed E-state index contributed by atoms with van der Waals surface area (Å²) in [4.78, 5) is 10.7. The van der Waals surface area contributed by atoms with Crippen molar-refractivity contribution in [3.8, 4) is 0 Å². The zero-order valence-electron chi connectivity index (χ0n) is 9.90. The number of ether oxygens (including phenoxy) is 1. The molecule has 1 N–H and O–H groups in total. The summed E-state index contributed by atoms with van der Waals surface area (Å²) < 4.78 is 32.0. The van der Waals surface area contributed by atoms with Gasteiger partial charge in [-0.15, -0.1) is 10.2 Å². The van der Waals surface area contributed by atoms with Crippen molar-refractivity contribution in [3.05, 3.63) is 12.2 Å². The number of aryl methyl sites for hydroxylation is 1. The van der Waals surface area contributed by atoms with Gasteiger partial charge in [0.25, 0.3) is 0 Å². The Bertz CT molecular complexity index is 435. The molecule has 1 atom stereocenters. The largest absolute Gasteiger partial charge is 0.456 e. The van der Waals surface area contributed by atoms with E-state index < -0.39 is 24.4 Å². The van der Waals surface area contributed by atoms with E-state index in [9.17, 15) is 13.6 Å². The first-order valence-electron chi connectivity index (χ1n) is 5.61. The van der Waals surface area contributed by atoms with Crippen molar-refractivity contribution in [1.29, 1.82) is 0 Å². The molecular formula is C10H14F2N4O2. The molecule has 18 heavy (non-hydrogen) atoms. The Kier molecular flexibility index (Phi) is 3.55. The van der Waals surface area contributed by atoms with Crippen LogP contribution in [0.15, 0.2) is 6.33 Å². The van der Waals surface area contributed by atoms with Crippen LogP contribution in [0.25, 0.3) is 0 Å². The van der Waals surface area contributed by atoms with Crippen LogP contribution in [0.3, 0.4) is 0 Å². The summed E-state index contributed by atoms with van der Waals surface area (Å²) in [5, 5.41) is 10.6. The SMILES string of the molecule is Cn1cnnc1CCNCC1CC(F)(F)C(=O)O1. The Hall–Kier alpha value is -1.57. The summed E-state index contributed by atoms with van der Waals surface area (Å²) >= 11 is 0. The number of cyclic esters (lactones) is 1. The fraction of sp³-hybridized carbons (Fsp3) is 0.700. The minimum absolute atomic E-state index is 0.221. The second-order valence-electron chi connectivity index (χ2n) is 4.25. The number of halogens is 2. The van der Waals surface area contributed by atoms with Crippen molar-refractivity contribution in [3.63, 3.8) is 0 Å². The Morgan fingerprint density at radius 3 is 3.00 bits per heavy atom. The second-order valence-corrected chi connectivity index (χ2v) is 4.25. The third-order valence-electron chi connectivity index (χ3n) is 2.76. The molecule has 1 saturated heterocycles. The second kappa shape index (κ2) is 4.97. The van der Waals surface area contributed by atoms with Crippen molar-refractivity contribution in [1.82, 2.24) is 20.1 Å². The van der Waals surface area contributed by atoms with Gasteiger partial charge in [0.1, 0.15) is 18.3 Å². The molecular weight excluding hydrogens is 246 g/mol. The summed E-state index contributed by atoms with van der Waals surface area (Å²) in [6.07, 6.45) is 0.914. The molecule has 2 rings (SSSR count). The quantitative estimate of drug-likeness (QED) is 0.591. The highest BCUT2D eigenvalue weighted by atomic mass is 19.3.